The molecule has 0 radical (unpaired) electrons. The van der Waals surface area contributed by atoms with Crippen LogP contribution in [0.25, 0.3) is 0 Å². The van der Waals surface area contributed by atoms with Crippen LogP contribution >= 0.6 is 23.2 Å². The summed E-state index contributed by atoms with van der Waals surface area (Å²) in [5, 5.41) is 3.65. The molecule has 2 rings (SSSR count). The normalized spacial score (nSPS) is 22.4. The van der Waals surface area contributed by atoms with E-state index >= 15 is 0 Å². The van der Waals surface area contributed by atoms with Crippen LogP contribution in [0.3, 0.4) is 0 Å². The second-order valence-electron chi connectivity index (χ2n) is 4.19. The fourth-order valence-corrected chi connectivity index (χ4v) is 2.42. The topological polar surface area (TPSA) is 59.6 Å². The van der Waals surface area contributed by atoms with Crippen LogP contribution in [0.4, 0.5) is 0 Å². The van der Waals surface area contributed by atoms with Gasteiger partial charge in [-0.05, 0) is 35.7 Å². The third kappa shape index (κ3) is 2.56. The summed E-state index contributed by atoms with van der Waals surface area (Å²) < 4.78 is 5.21. The number of nitrogens with two attached hydrogens (primary N) is 1. The van der Waals surface area contributed by atoms with Gasteiger partial charge in [-0.1, -0.05) is 24.6 Å². The van der Waals surface area contributed by atoms with Gasteiger partial charge in [0.25, 0.3) is 0 Å². The van der Waals surface area contributed by atoms with E-state index in [1.165, 1.54) is 0 Å². The standard InChI is InChI=1S/C13H15Cl2N3O/c1-3-8-7-17-12(15)18-13(8,16)9-4-5-10(14)11(6-9)19-2/h4-7H,3,16H2,1-2H3,(H,17,18). The van der Waals surface area contributed by atoms with Gasteiger partial charge in [0.05, 0.1) is 12.1 Å². The molecule has 0 aromatic heterocycles. The van der Waals surface area contributed by atoms with Crippen molar-refractivity contribution in [3.8, 4) is 5.75 Å². The van der Waals surface area contributed by atoms with Crippen LogP contribution in [-0.2, 0) is 5.66 Å². The van der Waals surface area contributed by atoms with Crippen molar-refractivity contribution in [2.45, 2.75) is 19.0 Å². The van der Waals surface area contributed by atoms with E-state index in [-0.39, 0.29) is 5.29 Å². The Kier molecular flexibility index (Phi) is 4.04. The van der Waals surface area contributed by atoms with Crippen molar-refractivity contribution >= 4 is 28.5 Å². The van der Waals surface area contributed by atoms with Crippen LogP contribution in [0.5, 0.6) is 5.75 Å². The second-order valence-corrected chi connectivity index (χ2v) is 4.95. The molecular formula is C13H15Cl2N3O. The fraction of sp³-hybridized carbons (Fsp3) is 0.308. The first kappa shape index (κ1) is 14.2. The van der Waals surface area contributed by atoms with Crippen LogP contribution in [-0.4, -0.2) is 12.4 Å². The number of hydrogen-bond acceptors (Lipinski definition) is 4. The van der Waals surface area contributed by atoms with E-state index in [0.717, 1.165) is 17.6 Å². The predicted molar refractivity (Wildman–Crippen MR) is 78.7 cm³/mol. The van der Waals surface area contributed by atoms with E-state index in [1.54, 1.807) is 25.4 Å². The zero-order valence-corrected chi connectivity index (χ0v) is 12.2. The van der Waals surface area contributed by atoms with Gasteiger partial charge in [0.1, 0.15) is 5.75 Å². The van der Waals surface area contributed by atoms with E-state index in [1.807, 2.05) is 13.0 Å². The Balaban J connectivity index is 2.54. The largest absolute Gasteiger partial charge is 0.495 e. The minimum atomic E-state index is -0.991. The number of nitrogens with one attached hydrogen (secondary N) is 1. The van der Waals surface area contributed by atoms with Gasteiger partial charge in [0.2, 0.25) is 0 Å². The van der Waals surface area contributed by atoms with Crippen molar-refractivity contribution in [3.05, 3.63) is 40.6 Å². The molecule has 3 N–H and O–H groups in total. The molecule has 0 saturated heterocycles. The molecule has 1 aromatic rings. The van der Waals surface area contributed by atoms with Crippen LogP contribution in [0.2, 0.25) is 5.02 Å². The van der Waals surface area contributed by atoms with E-state index in [0.29, 0.717) is 10.8 Å². The van der Waals surface area contributed by atoms with Crippen molar-refractivity contribution in [3.63, 3.8) is 0 Å². The number of nitrogens with zero attached hydrogens (tertiary/aromatic N) is 1. The summed E-state index contributed by atoms with van der Waals surface area (Å²) in [5.74, 6) is 0.560. The molecule has 0 bridgehead atoms. The molecule has 0 aliphatic carbocycles. The Bertz CT molecular complexity index is 557. The number of methoxy groups -OCH3 is 1. The Hall–Kier alpha value is -1.23. The quantitative estimate of drug-likeness (QED) is 0.844. The third-order valence-electron chi connectivity index (χ3n) is 3.10. The summed E-state index contributed by atoms with van der Waals surface area (Å²) in [5.41, 5.74) is 7.14. The van der Waals surface area contributed by atoms with E-state index in [4.69, 9.17) is 33.7 Å². The zero-order valence-electron chi connectivity index (χ0n) is 10.7. The Morgan fingerprint density at radius 3 is 2.79 bits per heavy atom. The average molecular weight is 300 g/mol. The number of hydrogen-bond donors (Lipinski definition) is 2. The minimum Gasteiger partial charge on any atom is -0.495 e. The molecule has 102 valence electrons. The average Bonchev–Trinajstić information content (AvgIpc) is 2.39. The lowest BCUT2D eigenvalue weighted by molar-refractivity contribution is 0.412. The molecule has 1 unspecified atom stereocenters. The molecule has 1 atom stereocenters. The van der Waals surface area contributed by atoms with Crippen LogP contribution in [0.1, 0.15) is 18.9 Å². The summed E-state index contributed by atoms with van der Waals surface area (Å²) in [6.07, 6.45) is 2.54. The Labute approximate surface area is 122 Å². The maximum atomic E-state index is 6.42. The summed E-state index contributed by atoms with van der Waals surface area (Å²) in [4.78, 5) is 4.32. The molecule has 1 aromatic carbocycles. The highest BCUT2D eigenvalue weighted by Crippen LogP contribution is 2.36. The lowest BCUT2D eigenvalue weighted by Crippen LogP contribution is -2.42. The van der Waals surface area contributed by atoms with Gasteiger partial charge >= 0.3 is 0 Å². The van der Waals surface area contributed by atoms with Gasteiger partial charge < -0.3 is 10.1 Å². The third-order valence-corrected chi connectivity index (χ3v) is 3.61. The molecule has 4 nitrogen and oxygen atoms in total. The summed E-state index contributed by atoms with van der Waals surface area (Å²) in [7, 11) is 1.56. The van der Waals surface area contributed by atoms with Gasteiger partial charge in [0.15, 0.2) is 11.0 Å². The highest BCUT2D eigenvalue weighted by atomic mass is 35.5. The SMILES string of the molecule is CCC1=CNC(Cl)=NC1(N)c1ccc(Cl)c(OC)c1. The van der Waals surface area contributed by atoms with Gasteiger partial charge in [-0.2, -0.15) is 0 Å². The molecular weight excluding hydrogens is 285 g/mol. The lowest BCUT2D eigenvalue weighted by atomic mass is 9.90. The first-order valence-corrected chi connectivity index (χ1v) is 6.61. The van der Waals surface area contributed by atoms with Gasteiger partial charge in [-0.3, -0.25) is 5.73 Å². The molecule has 0 saturated carbocycles. The highest BCUT2D eigenvalue weighted by Gasteiger charge is 2.33. The zero-order chi connectivity index (χ0) is 14.0. The maximum absolute atomic E-state index is 6.42. The van der Waals surface area contributed by atoms with Crippen molar-refractivity contribution in [2.75, 3.05) is 7.11 Å². The van der Waals surface area contributed by atoms with Gasteiger partial charge in [-0.15, -0.1) is 0 Å². The molecule has 6 heteroatoms. The lowest BCUT2D eigenvalue weighted by Gasteiger charge is -2.31. The Morgan fingerprint density at radius 1 is 1.42 bits per heavy atom. The molecule has 0 spiro atoms. The van der Waals surface area contributed by atoms with Crippen molar-refractivity contribution in [2.24, 2.45) is 10.7 Å². The first-order chi connectivity index (χ1) is 9.01. The van der Waals surface area contributed by atoms with Crippen LogP contribution < -0.4 is 15.8 Å². The van der Waals surface area contributed by atoms with Crippen LogP contribution in [0, 0.1) is 0 Å². The fourth-order valence-electron chi connectivity index (χ4n) is 2.03. The van der Waals surface area contributed by atoms with Crippen molar-refractivity contribution in [1.82, 2.24) is 5.32 Å². The van der Waals surface area contributed by atoms with Crippen LogP contribution in [0.15, 0.2) is 35.0 Å². The first-order valence-electron chi connectivity index (χ1n) is 5.85. The van der Waals surface area contributed by atoms with Crippen molar-refractivity contribution < 1.29 is 4.74 Å². The molecule has 1 aliphatic rings. The molecule has 0 amide bonds. The number of halogens is 2. The molecule has 1 aliphatic heterocycles. The number of rotatable bonds is 3. The van der Waals surface area contributed by atoms with E-state index in [9.17, 15) is 0 Å². The molecule has 0 fully saturated rings. The second kappa shape index (κ2) is 5.41. The van der Waals surface area contributed by atoms with Crippen molar-refractivity contribution in [1.29, 1.82) is 0 Å². The number of benzene rings is 1. The monoisotopic (exact) mass is 299 g/mol. The predicted octanol–water partition coefficient (Wildman–Crippen LogP) is 2.95. The number of aliphatic imine (C=N–C) groups is 1. The summed E-state index contributed by atoms with van der Waals surface area (Å²) >= 11 is 12.0. The van der Waals surface area contributed by atoms with E-state index < -0.39 is 5.66 Å². The summed E-state index contributed by atoms with van der Waals surface area (Å²) in [6, 6.07) is 5.35. The highest BCUT2D eigenvalue weighted by molar-refractivity contribution is 6.65. The summed E-state index contributed by atoms with van der Waals surface area (Å²) in [6.45, 7) is 2.01. The minimum absolute atomic E-state index is 0.258. The maximum Gasteiger partial charge on any atom is 0.197 e. The molecule has 1 heterocycles. The number of ether oxygens (including phenoxy) is 1. The Morgan fingerprint density at radius 2 is 2.16 bits per heavy atom. The molecule has 19 heavy (non-hydrogen) atoms. The number of amidine groups is 1. The van der Waals surface area contributed by atoms with Gasteiger partial charge in [-0.25, -0.2) is 4.99 Å². The smallest absolute Gasteiger partial charge is 0.197 e. The van der Waals surface area contributed by atoms with E-state index in [2.05, 4.69) is 10.3 Å². The van der Waals surface area contributed by atoms with Gasteiger partial charge in [0, 0.05) is 11.8 Å².